The quantitative estimate of drug-likeness (QED) is 0.570. The summed E-state index contributed by atoms with van der Waals surface area (Å²) in [4.78, 5) is 38.9. The molecule has 2 aliphatic heterocycles. The Hall–Kier alpha value is -3.42. The number of hydrogen-bond donors (Lipinski definition) is 2. The van der Waals surface area contributed by atoms with Crippen LogP contribution in [0.3, 0.4) is 0 Å². The number of carbonyl (C=O) groups excluding carboxylic acids is 1. The lowest BCUT2D eigenvalue weighted by Crippen LogP contribution is -2.59. The summed E-state index contributed by atoms with van der Waals surface area (Å²) in [5, 5.41) is 8.01. The van der Waals surface area contributed by atoms with Crippen molar-refractivity contribution in [1.29, 1.82) is 0 Å². The van der Waals surface area contributed by atoms with Crippen LogP contribution < -0.4 is 20.5 Å². The third kappa shape index (κ3) is 5.63. The Labute approximate surface area is 199 Å². The van der Waals surface area contributed by atoms with Gasteiger partial charge in [-0.3, -0.25) is 14.5 Å². The van der Waals surface area contributed by atoms with Gasteiger partial charge in [0.1, 0.15) is 5.56 Å². The Bertz CT molecular complexity index is 1080. The van der Waals surface area contributed by atoms with Crippen LogP contribution in [-0.2, 0) is 11.0 Å². The number of nitrogens with one attached hydrogen (secondary N) is 2. The fourth-order valence-electron chi connectivity index (χ4n) is 4.33. The molecule has 1 unspecified atom stereocenters. The standard InChI is InChI=1S/C21H27F3N8O3/c1-13(28-16-9-27-29-18(33)17(16)21(22,23)24)10-30-11-14(12-30)19(34)31-3-5-32(6-4-31)20-25-7-15(35-2)8-26-20/h7-9,13-14H,3-6,10-12H2,1-2H3,(H2,28,29,33). The van der Waals surface area contributed by atoms with Crippen LogP contribution in [0.2, 0.25) is 0 Å². The van der Waals surface area contributed by atoms with Crippen molar-refractivity contribution in [2.45, 2.75) is 19.1 Å². The summed E-state index contributed by atoms with van der Waals surface area (Å²) in [6.45, 7) is 5.60. The number of H-pyrrole nitrogens is 1. The lowest BCUT2D eigenvalue weighted by atomic mass is 9.97. The first-order valence-corrected chi connectivity index (χ1v) is 11.2. The third-order valence-electron chi connectivity index (χ3n) is 6.10. The number of carbonyl (C=O) groups is 1. The van der Waals surface area contributed by atoms with Crippen molar-refractivity contribution in [3.63, 3.8) is 0 Å². The zero-order valence-corrected chi connectivity index (χ0v) is 19.4. The summed E-state index contributed by atoms with van der Waals surface area (Å²) >= 11 is 0. The Kier molecular flexibility index (Phi) is 7.10. The van der Waals surface area contributed by atoms with Gasteiger partial charge in [-0.1, -0.05) is 0 Å². The average Bonchev–Trinajstić information content (AvgIpc) is 2.80. The second-order valence-corrected chi connectivity index (χ2v) is 8.68. The van der Waals surface area contributed by atoms with Crippen LogP contribution in [0.5, 0.6) is 5.75 Å². The van der Waals surface area contributed by atoms with E-state index in [-0.39, 0.29) is 23.6 Å². The number of halogens is 3. The van der Waals surface area contributed by atoms with Gasteiger partial charge < -0.3 is 19.9 Å². The number of methoxy groups -OCH3 is 1. The number of hydrogen-bond acceptors (Lipinski definition) is 9. The summed E-state index contributed by atoms with van der Waals surface area (Å²) in [5.74, 6) is 1.11. The van der Waals surface area contributed by atoms with E-state index in [0.29, 0.717) is 57.5 Å². The molecular formula is C21H27F3N8O3. The molecule has 4 rings (SSSR count). The monoisotopic (exact) mass is 496 g/mol. The number of nitrogens with zero attached hydrogens (tertiary/aromatic N) is 6. The minimum atomic E-state index is -4.80. The molecule has 0 saturated carbocycles. The Morgan fingerprint density at radius 3 is 2.46 bits per heavy atom. The number of amides is 1. The molecule has 0 aliphatic carbocycles. The smallest absolute Gasteiger partial charge is 0.423 e. The minimum absolute atomic E-state index is 0.0790. The SMILES string of the molecule is COc1cnc(N2CCN(C(=O)C3CN(CC(C)Nc4cn[nH]c(=O)c4C(F)(F)F)C3)CC2)nc1. The molecule has 1 amide bonds. The fraction of sp³-hybridized carbons (Fsp3) is 0.571. The van der Waals surface area contributed by atoms with Gasteiger partial charge in [-0.15, -0.1) is 0 Å². The first kappa shape index (κ1) is 24.7. The van der Waals surface area contributed by atoms with Crippen molar-refractivity contribution in [1.82, 2.24) is 30.0 Å². The average molecular weight is 496 g/mol. The second-order valence-electron chi connectivity index (χ2n) is 8.68. The van der Waals surface area contributed by atoms with Crippen molar-refractivity contribution in [2.75, 3.05) is 63.1 Å². The Morgan fingerprint density at radius 1 is 1.20 bits per heavy atom. The van der Waals surface area contributed by atoms with E-state index in [1.807, 2.05) is 19.8 Å². The largest absolute Gasteiger partial charge is 0.494 e. The highest BCUT2D eigenvalue weighted by Crippen LogP contribution is 2.31. The van der Waals surface area contributed by atoms with Crippen molar-refractivity contribution in [3.8, 4) is 5.75 Å². The van der Waals surface area contributed by atoms with Gasteiger partial charge in [-0.2, -0.15) is 18.3 Å². The lowest BCUT2D eigenvalue weighted by molar-refractivity contribution is -0.141. The summed E-state index contributed by atoms with van der Waals surface area (Å²) in [6, 6.07) is -0.385. The van der Waals surface area contributed by atoms with Crippen LogP contribution in [-0.4, -0.2) is 94.8 Å². The molecule has 2 aromatic rings. The van der Waals surface area contributed by atoms with E-state index in [1.165, 1.54) is 0 Å². The first-order valence-electron chi connectivity index (χ1n) is 11.2. The molecule has 0 spiro atoms. The molecule has 35 heavy (non-hydrogen) atoms. The van der Waals surface area contributed by atoms with Gasteiger partial charge in [-0.25, -0.2) is 15.1 Å². The summed E-state index contributed by atoms with van der Waals surface area (Å²) < 4.78 is 44.7. The number of aromatic nitrogens is 4. The molecule has 0 bridgehead atoms. The summed E-state index contributed by atoms with van der Waals surface area (Å²) in [5.41, 5.74) is -2.95. The summed E-state index contributed by atoms with van der Waals surface area (Å²) in [7, 11) is 1.55. The highest BCUT2D eigenvalue weighted by atomic mass is 19.4. The van der Waals surface area contributed by atoms with E-state index in [1.54, 1.807) is 26.4 Å². The number of rotatable bonds is 7. The number of alkyl halides is 3. The first-order chi connectivity index (χ1) is 16.7. The number of ether oxygens (including phenoxy) is 1. The van der Waals surface area contributed by atoms with Crippen molar-refractivity contribution < 1.29 is 22.7 Å². The molecule has 11 nitrogen and oxygen atoms in total. The molecule has 2 saturated heterocycles. The van der Waals surface area contributed by atoms with Gasteiger partial charge in [0.25, 0.3) is 5.56 Å². The van der Waals surface area contributed by atoms with E-state index < -0.39 is 17.3 Å². The van der Waals surface area contributed by atoms with Gasteiger partial charge in [0.05, 0.1) is 37.3 Å². The van der Waals surface area contributed by atoms with Crippen LogP contribution in [0.15, 0.2) is 23.4 Å². The maximum Gasteiger partial charge on any atom is 0.423 e. The van der Waals surface area contributed by atoms with E-state index in [0.717, 1.165) is 6.20 Å². The number of anilines is 2. The van der Waals surface area contributed by atoms with E-state index in [4.69, 9.17) is 4.74 Å². The Balaban J connectivity index is 1.23. The maximum absolute atomic E-state index is 13.2. The van der Waals surface area contributed by atoms with Crippen LogP contribution in [0, 0.1) is 5.92 Å². The highest BCUT2D eigenvalue weighted by Gasteiger charge is 2.39. The zero-order chi connectivity index (χ0) is 25.2. The zero-order valence-electron chi connectivity index (χ0n) is 19.4. The topological polar surface area (TPSA) is 120 Å². The van der Waals surface area contributed by atoms with Gasteiger partial charge in [-0.05, 0) is 6.92 Å². The molecule has 2 aromatic heterocycles. The predicted octanol–water partition coefficient (Wildman–Crippen LogP) is 0.668. The van der Waals surface area contributed by atoms with Crippen LogP contribution >= 0.6 is 0 Å². The van der Waals surface area contributed by atoms with Gasteiger partial charge in [0.2, 0.25) is 11.9 Å². The van der Waals surface area contributed by atoms with Crippen LogP contribution in [0.1, 0.15) is 12.5 Å². The molecule has 190 valence electrons. The summed E-state index contributed by atoms with van der Waals surface area (Å²) in [6.07, 6.45) is -0.625. The molecule has 0 radical (unpaired) electrons. The predicted molar refractivity (Wildman–Crippen MR) is 120 cm³/mol. The van der Waals surface area contributed by atoms with Crippen LogP contribution in [0.25, 0.3) is 0 Å². The van der Waals surface area contributed by atoms with Gasteiger partial charge in [0.15, 0.2) is 5.75 Å². The van der Waals surface area contributed by atoms with E-state index in [9.17, 15) is 22.8 Å². The number of likely N-dealkylation sites (tertiary alicyclic amines) is 1. The highest BCUT2D eigenvalue weighted by molar-refractivity contribution is 5.80. The second kappa shape index (κ2) is 10.1. The minimum Gasteiger partial charge on any atom is -0.494 e. The van der Waals surface area contributed by atoms with Gasteiger partial charge in [0, 0.05) is 51.9 Å². The van der Waals surface area contributed by atoms with Crippen molar-refractivity contribution in [2.24, 2.45) is 5.92 Å². The maximum atomic E-state index is 13.2. The molecule has 0 aromatic carbocycles. The van der Waals surface area contributed by atoms with Gasteiger partial charge >= 0.3 is 6.18 Å². The molecule has 4 heterocycles. The lowest BCUT2D eigenvalue weighted by Gasteiger charge is -2.43. The molecule has 1 atom stereocenters. The number of piperazine rings is 1. The van der Waals surface area contributed by atoms with E-state index >= 15 is 0 Å². The molecule has 2 fully saturated rings. The van der Waals surface area contributed by atoms with E-state index in [2.05, 4.69) is 20.4 Å². The fourth-order valence-corrected chi connectivity index (χ4v) is 4.33. The molecular weight excluding hydrogens is 469 g/mol. The normalized spacial score (nSPS) is 18.2. The molecule has 2 aliphatic rings. The van der Waals surface area contributed by atoms with Crippen LogP contribution in [0.4, 0.5) is 24.8 Å². The third-order valence-corrected chi connectivity index (χ3v) is 6.10. The number of aromatic amines is 1. The molecule has 2 N–H and O–H groups in total. The Morgan fingerprint density at radius 2 is 1.86 bits per heavy atom. The molecule has 14 heteroatoms. The van der Waals surface area contributed by atoms with Crippen molar-refractivity contribution >= 4 is 17.5 Å². The van der Waals surface area contributed by atoms with Crippen molar-refractivity contribution in [3.05, 3.63) is 34.5 Å².